The Morgan fingerprint density at radius 2 is 2.10 bits per heavy atom. The van der Waals surface area contributed by atoms with Crippen molar-refractivity contribution in [1.29, 1.82) is 0 Å². The van der Waals surface area contributed by atoms with Crippen LogP contribution in [0.15, 0.2) is 41.5 Å². The maximum absolute atomic E-state index is 4.36. The van der Waals surface area contributed by atoms with Gasteiger partial charge in [0.15, 0.2) is 5.65 Å². The number of rotatable bonds is 2. The highest BCUT2D eigenvalue weighted by Crippen LogP contribution is 2.15. The monoisotopic (exact) mass is 341 g/mol. The van der Waals surface area contributed by atoms with E-state index >= 15 is 0 Å². The molecule has 7 nitrogen and oxygen atoms in total. The van der Waals surface area contributed by atoms with Crippen LogP contribution in [0, 0.1) is 0 Å². The van der Waals surface area contributed by atoms with Crippen LogP contribution in [-0.2, 0) is 6.54 Å². The fourth-order valence-electron chi connectivity index (χ4n) is 2.15. The van der Waals surface area contributed by atoms with Crippen molar-refractivity contribution in [1.82, 2.24) is 34.9 Å². The fourth-order valence-corrected chi connectivity index (χ4v) is 2.42. The normalized spacial score (nSPS) is 11.3. The highest BCUT2D eigenvalue weighted by atomic mass is 79.9. The van der Waals surface area contributed by atoms with E-state index in [9.17, 15) is 0 Å². The summed E-state index contributed by atoms with van der Waals surface area (Å²) in [6.45, 7) is 0.562. The van der Waals surface area contributed by atoms with Crippen LogP contribution < -0.4 is 0 Å². The van der Waals surface area contributed by atoms with Gasteiger partial charge in [0, 0.05) is 11.6 Å². The van der Waals surface area contributed by atoms with Crippen molar-refractivity contribution in [3.8, 4) is 0 Å². The molecule has 3 heterocycles. The van der Waals surface area contributed by atoms with Gasteiger partial charge in [-0.2, -0.15) is 0 Å². The quantitative estimate of drug-likeness (QED) is 0.554. The zero-order chi connectivity index (χ0) is 14.2. The summed E-state index contributed by atoms with van der Waals surface area (Å²) in [6, 6.07) is 6.01. The van der Waals surface area contributed by atoms with Crippen molar-refractivity contribution in [2.45, 2.75) is 6.54 Å². The average molecular weight is 342 g/mol. The molecule has 3 aromatic heterocycles. The highest BCUT2D eigenvalue weighted by molar-refractivity contribution is 9.10. The molecular weight excluding hydrogens is 334 g/mol. The summed E-state index contributed by atoms with van der Waals surface area (Å²) in [7, 11) is 0. The Morgan fingerprint density at radius 3 is 3.05 bits per heavy atom. The van der Waals surface area contributed by atoms with Crippen molar-refractivity contribution in [2.24, 2.45) is 0 Å². The van der Waals surface area contributed by atoms with Gasteiger partial charge < -0.3 is 0 Å². The van der Waals surface area contributed by atoms with E-state index in [2.05, 4.69) is 46.2 Å². The number of halogens is 1. The van der Waals surface area contributed by atoms with Gasteiger partial charge in [-0.3, -0.25) is 0 Å². The molecule has 1 aromatic carbocycles. The molecule has 0 N–H and O–H groups in total. The molecule has 102 valence electrons. The van der Waals surface area contributed by atoms with E-state index in [-0.39, 0.29) is 0 Å². The summed E-state index contributed by atoms with van der Waals surface area (Å²) in [5.74, 6) is 0. The van der Waals surface area contributed by atoms with Crippen LogP contribution in [0.2, 0.25) is 0 Å². The van der Waals surface area contributed by atoms with Gasteiger partial charge in [-0.05, 0) is 33.6 Å². The van der Waals surface area contributed by atoms with Gasteiger partial charge in [-0.1, -0.05) is 11.3 Å². The number of hydrogen-bond donors (Lipinski definition) is 0. The molecule has 4 rings (SSSR count). The molecule has 8 heteroatoms. The van der Waals surface area contributed by atoms with Crippen LogP contribution in [0.25, 0.3) is 22.2 Å². The molecule has 0 amide bonds. The van der Waals surface area contributed by atoms with Crippen LogP contribution in [0.1, 0.15) is 5.56 Å². The molecule has 0 spiro atoms. The predicted molar refractivity (Wildman–Crippen MR) is 79.5 cm³/mol. The van der Waals surface area contributed by atoms with Crippen molar-refractivity contribution in [3.05, 3.63) is 47.1 Å². The van der Waals surface area contributed by atoms with Crippen LogP contribution in [0.5, 0.6) is 0 Å². The van der Waals surface area contributed by atoms with Crippen molar-refractivity contribution in [2.75, 3.05) is 0 Å². The second kappa shape index (κ2) is 4.81. The fraction of sp³-hybridized carbons (Fsp3) is 0.0769. The third kappa shape index (κ3) is 2.23. The molecule has 0 aliphatic rings. The smallest absolute Gasteiger partial charge is 0.221 e. The summed E-state index contributed by atoms with van der Waals surface area (Å²) in [5.41, 5.74) is 3.17. The van der Waals surface area contributed by atoms with Gasteiger partial charge in [-0.25, -0.2) is 24.6 Å². The Balaban J connectivity index is 1.77. The number of nitrogens with zero attached hydrogens (tertiary/aromatic N) is 7. The molecular formula is C13H8BrN7. The minimum absolute atomic E-state index is 0.530. The lowest BCUT2D eigenvalue weighted by molar-refractivity contribution is 0.664. The van der Waals surface area contributed by atoms with E-state index < -0.39 is 0 Å². The largest absolute Gasteiger partial charge is 0.244 e. The van der Waals surface area contributed by atoms with Gasteiger partial charge in [0.05, 0.1) is 18.3 Å². The highest BCUT2D eigenvalue weighted by Gasteiger charge is 2.08. The summed E-state index contributed by atoms with van der Waals surface area (Å²) >= 11 is 3.31. The first kappa shape index (κ1) is 12.3. The van der Waals surface area contributed by atoms with Crippen LogP contribution in [0.3, 0.4) is 0 Å². The van der Waals surface area contributed by atoms with E-state index in [4.69, 9.17) is 0 Å². The third-order valence-electron chi connectivity index (χ3n) is 3.10. The predicted octanol–water partition coefficient (Wildman–Crippen LogP) is 1.98. The molecule has 0 saturated carbocycles. The number of fused-ring (bicyclic) bond motifs is 2. The van der Waals surface area contributed by atoms with Gasteiger partial charge in [-0.15, -0.1) is 5.10 Å². The Morgan fingerprint density at radius 1 is 1.14 bits per heavy atom. The van der Waals surface area contributed by atoms with Crippen molar-refractivity contribution >= 4 is 38.1 Å². The summed E-state index contributed by atoms with van der Waals surface area (Å²) < 4.78 is 2.38. The molecule has 0 unspecified atom stereocenters. The maximum Gasteiger partial charge on any atom is 0.221 e. The van der Waals surface area contributed by atoms with Gasteiger partial charge >= 0.3 is 0 Å². The zero-order valence-electron chi connectivity index (χ0n) is 10.7. The standard InChI is InChI=1S/C13H8BrN7/c14-11-5-16-12-13(18-11)21(20-19-12)6-8-1-2-10-9(3-8)4-15-7-17-10/h1-5,7H,6H2. The van der Waals surface area contributed by atoms with Gasteiger partial charge in [0.1, 0.15) is 10.9 Å². The van der Waals surface area contributed by atoms with Crippen LogP contribution in [-0.4, -0.2) is 34.9 Å². The molecule has 0 aliphatic heterocycles. The summed E-state index contributed by atoms with van der Waals surface area (Å²) in [5, 5.41) is 9.11. The second-order valence-electron chi connectivity index (χ2n) is 4.50. The van der Waals surface area contributed by atoms with E-state index in [0.29, 0.717) is 22.4 Å². The minimum Gasteiger partial charge on any atom is -0.244 e. The number of hydrogen-bond acceptors (Lipinski definition) is 6. The minimum atomic E-state index is 0.530. The first-order chi connectivity index (χ1) is 10.3. The topological polar surface area (TPSA) is 82.3 Å². The lowest BCUT2D eigenvalue weighted by atomic mass is 10.1. The first-order valence-corrected chi connectivity index (χ1v) is 6.99. The lowest BCUT2D eigenvalue weighted by Crippen LogP contribution is -2.03. The van der Waals surface area contributed by atoms with E-state index in [1.165, 1.54) is 0 Å². The molecule has 21 heavy (non-hydrogen) atoms. The van der Waals surface area contributed by atoms with Crippen LogP contribution in [0.4, 0.5) is 0 Å². The van der Waals surface area contributed by atoms with Crippen molar-refractivity contribution in [3.63, 3.8) is 0 Å². The lowest BCUT2D eigenvalue weighted by Gasteiger charge is -2.03. The number of benzene rings is 1. The Kier molecular flexibility index (Phi) is 2.81. The van der Waals surface area contributed by atoms with Crippen LogP contribution >= 0.6 is 15.9 Å². The van der Waals surface area contributed by atoms with E-state index in [1.54, 1.807) is 23.4 Å². The van der Waals surface area contributed by atoms with E-state index in [1.807, 2.05) is 18.2 Å². The molecule has 0 saturated heterocycles. The Labute approximate surface area is 127 Å². The molecule has 0 atom stereocenters. The first-order valence-electron chi connectivity index (χ1n) is 6.20. The van der Waals surface area contributed by atoms with Gasteiger partial charge in [0.2, 0.25) is 5.65 Å². The Bertz CT molecular complexity index is 949. The molecule has 4 aromatic rings. The maximum atomic E-state index is 4.36. The molecule has 0 bridgehead atoms. The summed E-state index contributed by atoms with van der Waals surface area (Å²) in [4.78, 5) is 16.8. The summed E-state index contributed by atoms with van der Waals surface area (Å²) in [6.07, 6.45) is 4.94. The van der Waals surface area contributed by atoms with E-state index in [0.717, 1.165) is 16.5 Å². The molecule has 0 aliphatic carbocycles. The van der Waals surface area contributed by atoms with Crippen molar-refractivity contribution < 1.29 is 0 Å². The molecule has 0 radical (unpaired) electrons. The third-order valence-corrected chi connectivity index (χ3v) is 3.48. The van der Waals surface area contributed by atoms with Gasteiger partial charge in [0.25, 0.3) is 0 Å². The second-order valence-corrected chi connectivity index (χ2v) is 5.32. The number of aromatic nitrogens is 7. The Hall–Kier alpha value is -2.48. The zero-order valence-corrected chi connectivity index (χ0v) is 12.3. The SMILES string of the molecule is Brc1cnc2nnn(Cc3ccc4ncncc4c3)c2n1. The average Bonchev–Trinajstić information content (AvgIpc) is 2.89. The molecule has 0 fully saturated rings.